The van der Waals surface area contributed by atoms with Crippen LogP contribution in [0.15, 0.2) is 168 Å². The van der Waals surface area contributed by atoms with E-state index in [1.54, 1.807) is 0 Å². The van der Waals surface area contributed by atoms with E-state index in [0.717, 1.165) is 83.5 Å². The molecule has 0 saturated carbocycles. The van der Waals surface area contributed by atoms with Gasteiger partial charge in [-0.05, 0) is 154 Å². The van der Waals surface area contributed by atoms with Crippen LogP contribution in [0.1, 0.15) is 118 Å². The Hall–Kier alpha value is -8.45. The van der Waals surface area contributed by atoms with Crippen LogP contribution in [0.2, 0.25) is 0 Å². The number of nitrogens with zero attached hydrogens (tertiary/aromatic N) is 6. The number of rotatable bonds is 12. The molecule has 0 saturated heterocycles. The smallest absolute Gasteiger partial charge is 0.497 e. The summed E-state index contributed by atoms with van der Waals surface area (Å²) in [4.78, 5) is 21.0. The molecule has 408 valence electrons. The van der Waals surface area contributed by atoms with Crippen LogP contribution in [0, 0.1) is 32.9 Å². The van der Waals surface area contributed by atoms with Gasteiger partial charge in [-0.1, -0.05) is 164 Å². The van der Waals surface area contributed by atoms with E-state index in [9.17, 15) is 0 Å². The van der Waals surface area contributed by atoms with Crippen molar-refractivity contribution >= 4 is 54.9 Å². The number of hydrogen-bond donors (Lipinski definition) is 0. The second-order valence-corrected chi connectivity index (χ2v) is 22.9. The van der Waals surface area contributed by atoms with E-state index in [2.05, 4.69) is 229 Å². The van der Waals surface area contributed by atoms with E-state index >= 15 is 0 Å². The van der Waals surface area contributed by atoms with E-state index in [4.69, 9.17) is 29.1 Å². The first-order chi connectivity index (χ1) is 39.2. The van der Waals surface area contributed by atoms with Gasteiger partial charge >= 0.3 is 21.1 Å². The van der Waals surface area contributed by atoms with Gasteiger partial charge in [-0.2, -0.15) is 0 Å². The molecule has 0 N–H and O–H groups in total. The van der Waals surface area contributed by atoms with E-state index in [1.807, 2.05) is 32.0 Å². The second-order valence-electron chi connectivity index (χ2n) is 22.9. The molecule has 0 bridgehead atoms. The minimum atomic E-state index is 0. The molecular weight excluding hydrogens is 1190 g/mol. The number of aromatic nitrogens is 6. The van der Waals surface area contributed by atoms with Gasteiger partial charge in [0.1, 0.15) is 0 Å². The zero-order valence-corrected chi connectivity index (χ0v) is 50.5. The number of pyridine rings is 2. The molecule has 8 nitrogen and oxygen atoms in total. The molecule has 0 atom stereocenters. The van der Waals surface area contributed by atoms with Crippen molar-refractivity contribution in [2.75, 3.05) is 0 Å². The largest absolute Gasteiger partial charge is 2.00 e. The third kappa shape index (κ3) is 9.31. The van der Waals surface area contributed by atoms with Gasteiger partial charge in [-0.15, -0.1) is 23.8 Å². The van der Waals surface area contributed by atoms with Crippen LogP contribution in [0.5, 0.6) is 11.5 Å². The van der Waals surface area contributed by atoms with Crippen LogP contribution in [-0.2, 0) is 21.1 Å². The molecule has 0 aliphatic heterocycles. The Bertz CT molecular complexity index is 4550. The van der Waals surface area contributed by atoms with E-state index in [0.29, 0.717) is 34.2 Å². The number of benzene rings is 8. The molecule has 13 rings (SSSR count). The fourth-order valence-corrected chi connectivity index (χ4v) is 12.2. The molecule has 0 fully saturated rings. The summed E-state index contributed by atoms with van der Waals surface area (Å²) in [6.07, 6.45) is 0. The normalized spacial score (nSPS) is 11.9. The Balaban J connectivity index is 0.00000665. The number of furan rings is 1. The molecule has 5 aromatic heterocycles. The third-order valence-corrected chi connectivity index (χ3v) is 16.0. The van der Waals surface area contributed by atoms with E-state index in [-0.39, 0.29) is 44.7 Å². The van der Waals surface area contributed by atoms with Crippen LogP contribution in [-0.4, -0.2) is 29.1 Å². The zero-order chi connectivity index (χ0) is 56.0. The summed E-state index contributed by atoms with van der Waals surface area (Å²) in [6.45, 7) is 24.4. The molecule has 0 aliphatic rings. The van der Waals surface area contributed by atoms with Gasteiger partial charge in [0.15, 0.2) is 0 Å². The minimum Gasteiger partial charge on any atom is -0.497 e. The quantitative estimate of drug-likeness (QED) is 0.113. The Morgan fingerprint density at radius 1 is 0.439 bits per heavy atom. The average Bonchev–Trinajstić information content (AvgIpc) is 3.38. The molecule has 0 aliphatic carbocycles. The number of ether oxygens (including phenoxy) is 1. The maximum absolute atomic E-state index is 7.17. The van der Waals surface area contributed by atoms with Gasteiger partial charge in [0.2, 0.25) is 5.71 Å². The summed E-state index contributed by atoms with van der Waals surface area (Å²) < 4.78 is 18.9. The first-order valence-electron chi connectivity index (χ1n) is 28.4. The Morgan fingerprint density at radius 3 is 1.46 bits per heavy atom. The second kappa shape index (κ2) is 21.5. The summed E-state index contributed by atoms with van der Waals surface area (Å²) in [7, 11) is 0. The molecule has 82 heavy (non-hydrogen) atoms. The van der Waals surface area contributed by atoms with Crippen molar-refractivity contribution < 1.29 is 30.2 Å². The maximum atomic E-state index is 7.17. The van der Waals surface area contributed by atoms with Crippen molar-refractivity contribution in [3.8, 4) is 67.9 Å². The molecule has 0 spiro atoms. The molecule has 13 aromatic rings. The van der Waals surface area contributed by atoms with Crippen LogP contribution < -0.4 is 4.74 Å². The molecule has 0 radical (unpaired) electrons. The maximum Gasteiger partial charge on any atom is 2.00 e. The summed E-state index contributed by atoms with van der Waals surface area (Å²) in [6, 6.07) is 65.4. The predicted molar refractivity (Wildman–Crippen MR) is 333 cm³/mol. The summed E-state index contributed by atoms with van der Waals surface area (Å²) in [5, 5.41) is 3.74. The van der Waals surface area contributed by atoms with Crippen molar-refractivity contribution in [3.05, 3.63) is 215 Å². The summed E-state index contributed by atoms with van der Waals surface area (Å²) in [5.74, 6) is 3.20. The summed E-state index contributed by atoms with van der Waals surface area (Å²) in [5.41, 5.74) is 20.9. The van der Waals surface area contributed by atoms with Crippen LogP contribution >= 0.6 is 0 Å². The zero-order valence-electron chi connectivity index (χ0n) is 48.2. The predicted octanol–water partition coefficient (Wildman–Crippen LogP) is 19.7. The first-order valence-corrected chi connectivity index (χ1v) is 28.4. The van der Waals surface area contributed by atoms with Gasteiger partial charge < -0.3 is 18.3 Å². The van der Waals surface area contributed by atoms with Crippen molar-refractivity contribution in [3.63, 3.8) is 0 Å². The Kier molecular flexibility index (Phi) is 14.2. The number of aryl methyl sites for hydroxylation is 3. The molecule has 0 amide bonds. The van der Waals surface area contributed by atoms with Gasteiger partial charge in [0, 0.05) is 45.0 Å². The van der Waals surface area contributed by atoms with Crippen molar-refractivity contribution in [1.82, 2.24) is 29.1 Å². The Morgan fingerprint density at radius 2 is 0.927 bits per heavy atom. The van der Waals surface area contributed by atoms with Gasteiger partial charge in [0.25, 0.3) is 0 Å². The van der Waals surface area contributed by atoms with Crippen molar-refractivity contribution in [2.45, 2.75) is 99.8 Å². The topological polar surface area (TPSA) is 83.8 Å². The fraction of sp³-hybridized carbons (Fsp3) is 0.205. The van der Waals surface area contributed by atoms with Crippen molar-refractivity contribution in [1.29, 1.82) is 0 Å². The molecule has 9 heteroatoms. The van der Waals surface area contributed by atoms with Crippen LogP contribution in [0.3, 0.4) is 0 Å². The number of imidazole rings is 2. The molecule has 8 aromatic carbocycles. The van der Waals surface area contributed by atoms with Crippen molar-refractivity contribution in [2.24, 2.45) is 0 Å². The number of fused-ring (bicyclic) bond motifs is 7. The first kappa shape index (κ1) is 54.2. The third-order valence-electron chi connectivity index (χ3n) is 16.0. The van der Waals surface area contributed by atoms with Crippen LogP contribution in [0.25, 0.3) is 111 Å². The van der Waals surface area contributed by atoms with E-state index < -0.39 is 0 Å². The van der Waals surface area contributed by atoms with E-state index in [1.165, 1.54) is 44.5 Å². The standard InChI is InChI=1S/C73H64N6O2.Pt/c1-41(2)55-35-51(48-23-14-12-15-24-48)36-56(42(3)4)68(55)78-64-31-20-18-29-62(64)76-71(78)50-27-22-28-53(34-50)80-54-39-60-67-59-33-45(9)74-46(10)66(59)47(11)75-73(67)81-70(60)61(40-54)72-77-63-30-19-21-32-65(63)79(72)69-57(43(5)6)37-52(38-58(69)44(7)8)49-25-16-13-17-26-49;/h12-33,35-39,41-44H,1-11H3;/q-2;+2. The van der Waals surface area contributed by atoms with Gasteiger partial charge in [0.05, 0.1) is 45.0 Å². The van der Waals surface area contributed by atoms with Gasteiger partial charge in [-0.25, -0.2) is 4.98 Å². The average molecular weight is 1250 g/mol. The number of para-hydroxylation sites is 4. The number of hydrogen-bond acceptors (Lipinski definition) is 6. The molecular formula is C73H64N6O2Pt. The molecule has 5 heterocycles. The fourth-order valence-electron chi connectivity index (χ4n) is 12.2. The summed E-state index contributed by atoms with van der Waals surface area (Å²) >= 11 is 0. The van der Waals surface area contributed by atoms with Gasteiger partial charge in [-0.3, -0.25) is 15.0 Å². The molecule has 0 unspecified atom stereocenters. The Labute approximate surface area is 494 Å². The van der Waals surface area contributed by atoms with Crippen LogP contribution in [0.4, 0.5) is 0 Å². The minimum absolute atomic E-state index is 0. The SMILES string of the molecule is Cc1cc2c(c(C)n1)c(C)nc1oc3c(-c4nc5ccccc5n4-c4c(C(C)C)cc(-c5ccccc5)cc4C(C)C)[c-]c(Oc4[c-]c(-c5nc6ccccc6n5-c5c(C(C)C)cc(-c6ccccc6)cc5C(C)C)ccc4)cc3c12.[Pt+2]. The monoisotopic (exact) mass is 1250 g/mol.